The topological polar surface area (TPSA) is 0 Å². The monoisotopic (exact) mass is 292 g/mol. The molecule has 1 atom stereocenters. The molecule has 0 aliphatic rings. The maximum Gasteiger partial charge on any atom is 0.126 e. The summed E-state index contributed by atoms with van der Waals surface area (Å²) in [4.78, 5) is 0. The van der Waals surface area contributed by atoms with Gasteiger partial charge in [-0.2, -0.15) is 0 Å². The summed E-state index contributed by atoms with van der Waals surface area (Å²) in [6.07, 6.45) is 1.63. The third kappa shape index (κ3) is 3.46. The molecule has 0 saturated heterocycles. The Kier molecular flexibility index (Phi) is 4.60. The highest BCUT2D eigenvalue weighted by atomic mass is 79.9. The molecule has 0 amide bonds. The standard InChI is InChI=1S/C12H15BrClF/c1-3-12(2,8-14)7-9-6-10(13)4-5-11(9)15/h4-6H,3,7-8H2,1-2H3. The second kappa shape index (κ2) is 5.31. The van der Waals surface area contributed by atoms with E-state index in [1.165, 1.54) is 6.07 Å². The van der Waals surface area contributed by atoms with Crippen molar-refractivity contribution in [3.05, 3.63) is 34.1 Å². The molecule has 0 spiro atoms. The van der Waals surface area contributed by atoms with Crippen LogP contribution in [0.2, 0.25) is 0 Å². The van der Waals surface area contributed by atoms with E-state index in [0.29, 0.717) is 12.3 Å². The van der Waals surface area contributed by atoms with E-state index in [0.717, 1.165) is 16.5 Å². The summed E-state index contributed by atoms with van der Waals surface area (Å²) in [6, 6.07) is 5.03. The summed E-state index contributed by atoms with van der Waals surface area (Å²) in [5.74, 6) is 0.401. The normalized spacial score (nSPS) is 15.0. The maximum atomic E-state index is 13.5. The molecular weight excluding hydrogens is 278 g/mol. The van der Waals surface area contributed by atoms with Crippen molar-refractivity contribution in [2.75, 3.05) is 5.88 Å². The molecule has 0 nitrogen and oxygen atoms in total. The van der Waals surface area contributed by atoms with Crippen LogP contribution in [0.15, 0.2) is 22.7 Å². The molecule has 0 saturated carbocycles. The summed E-state index contributed by atoms with van der Waals surface area (Å²) in [6.45, 7) is 4.17. The lowest BCUT2D eigenvalue weighted by Gasteiger charge is -2.25. The lowest BCUT2D eigenvalue weighted by Crippen LogP contribution is -2.21. The van der Waals surface area contributed by atoms with Gasteiger partial charge in [0.05, 0.1) is 0 Å². The second-order valence-electron chi connectivity index (χ2n) is 4.21. The maximum absolute atomic E-state index is 13.5. The summed E-state index contributed by atoms with van der Waals surface area (Å²) in [7, 11) is 0. The molecule has 0 heterocycles. The van der Waals surface area contributed by atoms with E-state index in [1.54, 1.807) is 6.07 Å². The minimum absolute atomic E-state index is 0.0246. The van der Waals surface area contributed by atoms with Gasteiger partial charge in [0.25, 0.3) is 0 Å². The quantitative estimate of drug-likeness (QED) is 0.700. The fourth-order valence-corrected chi connectivity index (χ4v) is 2.10. The Balaban J connectivity index is 2.92. The van der Waals surface area contributed by atoms with Gasteiger partial charge in [0, 0.05) is 10.4 Å². The molecule has 0 aromatic heterocycles. The summed E-state index contributed by atoms with van der Waals surface area (Å²) >= 11 is 9.26. The predicted octanol–water partition coefficient (Wildman–Crippen LogP) is 4.79. The molecule has 15 heavy (non-hydrogen) atoms. The number of alkyl halides is 1. The van der Waals surface area contributed by atoms with Gasteiger partial charge in [-0.1, -0.05) is 29.8 Å². The van der Waals surface area contributed by atoms with Crippen LogP contribution in [-0.4, -0.2) is 5.88 Å². The van der Waals surface area contributed by atoms with Gasteiger partial charge in [-0.25, -0.2) is 4.39 Å². The Labute approximate surface area is 104 Å². The molecule has 0 aliphatic heterocycles. The molecule has 0 aliphatic carbocycles. The summed E-state index contributed by atoms with van der Waals surface area (Å²) in [5.41, 5.74) is 0.706. The van der Waals surface area contributed by atoms with Gasteiger partial charge >= 0.3 is 0 Å². The zero-order valence-corrected chi connectivity index (χ0v) is 11.3. The van der Waals surface area contributed by atoms with Crippen LogP contribution in [0.4, 0.5) is 4.39 Å². The van der Waals surface area contributed by atoms with Gasteiger partial charge in [-0.15, -0.1) is 11.6 Å². The van der Waals surface area contributed by atoms with Crippen LogP contribution < -0.4 is 0 Å². The van der Waals surface area contributed by atoms with Crippen LogP contribution in [0.25, 0.3) is 0 Å². The SMILES string of the molecule is CCC(C)(CCl)Cc1cc(Br)ccc1F. The molecular formula is C12H15BrClF. The van der Waals surface area contributed by atoms with Crippen molar-refractivity contribution in [1.29, 1.82) is 0 Å². The van der Waals surface area contributed by atoms with Gasteiger partial charge in [0.15, 0.2) is 0 Å². The fraction of sp³-hybridized carbons (Fsp3) is 0.500. The second-order valence-corrected chi connectivity index (χ2v) is 5.39. The van der Waals surface area contributed by atoms with Gasteiger partial charge in [0.1, 0.15) is 5.82 Å². The van der Waals surface area contributed by atoms with Gasteiger partial charge in [-0.3, -0.25) is 0 Å². The fourth-order valence-electron chi connectivity index (χ4n) is 1.41. The van der Waals surface area contributed by atoms with Crippen molar-refractivity contribution >= 4 is 27.5 Å². The lowest BCUT2D eigenvalue weighted by molar-refractivity contribution is 0.349. The number of rotatable bonds is 4. The number of hydrogen-bond donors (Lipinski definition) is 0. The molecule has 84 valence electrons. The van der Waals surface area contributed by atoms with Crippen LogP contribution in [0, 0.1) is 11.2 Å². The number of hydrogen-bond acceptors (Lipinski definition) is 0. The van der Waals surface area contributed by atoms with Crippen molar-refractivity contribution in [3.63, 3.8) is 0 Å². The molecule has 3 heteroatoms. The molecule has 1 unspecified atom stereocenters. The predicted molar refractivity (Wildman–Crippen MR) is 66.9 cm³/mol. The number of benzene rings is 1. The van der Waals surface area contributed by atoms with E-state index in [9.17, 15) is 4.39 Å². The van der Waals surface area contributed by atoms with E-state index in [2.05, 4.69) is 29.8 Å². The third-order valence-corrected chi connectivity index (χ3v) is 3.94. The molecule has 0 fully saturated rings. The smallest absolute Gasteiger partial charge is 0.126 e. The van der Waals surface area contributed by atoms with Crippen molar-refractivity contribution < 1.29 is 4.39 Å². The van der Waals surface area contributed by atoms with Crippen LogP contribution in [0.1, 0.15) is 25.8 Å². The van der Waals surface area contributed by atoms with Crippen LogP contribution in [0.5, 0.6) is 0 Å². The van der Waals surface area contributed by atoms with E-state index >= 15 is 0 Å². The van der Waals surface area contributed by atoms with Crippen molar-refractivity contribution in [1.82, 2.24) is 0 Å². The zero-order chi connectivity index (χ0) is 11.5. The van der Waals surface area contributed by atoms with Crippen molar-refractivity contribution in [2.24, 2.45) is 5.41 Å². The molecule has 1 aromatic rings. The molecule has 1 aromatic carbocycles. The van der Waals surface area contributed by atoms with Crippen LogP contribution >= 0.6 is 27.5 Å². The minimum atomic E-state index is -0.150. The molecule has 0 bridgehead atoms. The van der Waals surface area contributed by atoms with E-state index in [-0.39, 0.29) is 11.2 Å². The Morgan fingerprint density at radius 2 is 2.13 bits per heavy atom. The zero-order valence-electron chi connectivity index (χ0n) is 8.99. The largest absolute Gasteiger partial charge is 0.207 e. The van der Waals surface area contributed by atoms with Gasteiger partial charge in [0.2, 0.25) is 0 Å². The van der Waals surface area contributed by atoms with E-state index < -0.39 is 0 Å². The average molecular weight is 294 g/mol. The molecule has 0 radical (unpaired) electrons. The highest BCUT2D eigenvalue weighted by Gasteiger charge is 2.22. The van der Waals surface area contributed by atoms with E-state index in [4.69, 9.17) is 11.6 Å². The first-order valence-corrected chi connectivity index (χ1v) is 6.33. The molecule has 0 N–H and O–H groups in total. The highest BCUT2D eigenvalue weighted by Crippen LogP contribution is 2.30. The first kappa shape index (κ1) is 13.0. The molecule has 1 rings (SSSR count). The van der Waals surface area contributed by atoms with Crippen molar-refractivity contribution in [2.45, 2.75) is 26.7 Å². The Hall–Kier alpha value is -0.0800. The Morgan fingerprint density at radius 1 is 1.47 bits per heavy atom. The van der Waals surface area contributed by atoms with Gasteiger partial charge < -0.3 is 0 Å². The lowest BCUT2D eigenvalue weighted by atomic mass is 9.83. The van der Waals surface area contributed by atoms with Gasteiger partial charge in [-0.05, 0) is 42.0 Å². The minimum Gasteiger partial charge on any atom is -0.207 e. The van der Waals surface area contributed by atoms with E-state index in [1.807, 2.05) is 6.07 Å². The number of halogens is 3. The first-order chi connectivity index (χ1) is 7.00. The van der Waals surface area contributed by atoms with Crippen molar-refractivity contribution in [3.8, 4) is 0 Å². The first-order valence-electron chi connectivity index (χ1n) is 5.00. The summed E-state index contributed by atoms with van der Waals surface area (Å²) < 4.78 is 14.4. The Morgan fingerprint density at radius 3 is 2.67 bits per heavy atom. The third-order valence-electron chi connectivity index (χ3n) is 2.80. The average Bonchev–Trinajstić information content (AvgIpc) is 2.23. The summed E-state index contributed by atoms with van der Waals surface area (Å²) in [5, 5.41) is 0. The van der Waals surface area contributed by atoms with Crippen LogP contribution in [-0.2, 0) is 6.42 Å². The van der Waals surface area contributed by atoms with Crippen LogP contribution in [0.3, 0.4) is 0 Å². The highest BCUT2D eigenvalue weighted by molar-refractivity contribution is 9.10. The Bertz CT molecular complexity index is 334.